The van der Waals surface area contributed by atoms with Crippen molar-refractivity contribution in [2.45, 2.75) is 6.42 Å². The van der Waals surface area contributed by atoms with Crippen LogP contribution in [0.1, 0.15) is 5.56 Å². The van der Waals surface area contributed by atoms with Crippen LogP contribution in [0.4, 0.5) is 5.69 Å². The minimum Gasteiger partial charge on any atom is -0.504 e. The summed E-state index contributed by atoms with van der Waals surface area (Å²) in [6.45, 7) is 0. The van der Waals surface area contributed by atoms with E-state index in [0.717, 1.165) is 22.5 Å². The van der Waals surface area contributed by atoms with Gasteiger partial charge in [-0.2, -0.15) is 0 Å². The average Bonchev–Trinajstić information content (AvgIpc) is 3.00. The van der Waals surface area contributed by atoms with Crippen molar-refractivity contribution >= 4 is 17.2 Å². The molecule has 98 valence electrons. The van der Waals surface area contributed by atoms with Gasteiger partial charge >= 0.3 is 0 Å². The molecule has 1 aliphatic rings. The fraction of sp³-hybridized carbons (Fsp3) is 0.0667. The van der Waals surface area contributed by atoms with Gasteiger partial charge in [0, 0.05) is 23.6 Å². The molecule has 0 bridgehead atoms. The molecule has 0 radical (unpaired) electrons. The third-order valence-corrected chi connectivity index (χ3v) is 3.49. The van der Waals surface area contributed by atoms with E-state index in [4.69, 9.17) is 0 Å². The van der Waals surface area contributed by atoms with Gasteiger partial charge in [-0.1, -0.05) is 6.07 Å². The van der Waals surface area contributed by atoms with Crippen LogP contribution in [0.15, 0.2) is 42.7 Å². The van der Waals surface area contributed by atoms with Crippen LogP contribution in [-0.4, -0.2) is 20.4 Å². The van der Waals surface area contributed by atoms with Crippen molar-refractivity contribution in [2.24, 2.45) is 0 Å². The highest BCUT2D eigenvalue weighted by Crippen LogP contribution is 2.29. The lowest BCUT2D eigenvalue weighted by Crippen LogP contribution is -2.03. The Kier molecular flexibility index (Phi) is 2.12. The van der Waals surface area contributed by atoms with Gasteiger partial charge in [0.1, 0.15) is 0 Å². The predicted octanol–water partition coefficient (Wildman–Crippen LogP) is 2.20. The Hall–Kier alpha value is -2.82. The summed E-state index contributed by atoms with van der Waals surface area (Å²) in [5.74, 6) is 0.168. The van der Waals surface area contributed by atoms with E-state index < -0.39 is 0 Å². The second-order valence-electron chi connectivity index (χ2n) is 4.85. The fourth-order valence-corrected chi connectivity index (χ4v) is 2.53. The Morgan fingerprint density at radius 1 is 1.30 bits per heavy atom. The van der Waals surface area contributed by atoms with Crippen molar-refractivity contribution in [1.82, 2.24) is 9.38 Å². The normalized spacial score (nSPS) is 13.5. The minimum absolute atomic E-state index is 0.0183. The SMILES string of the molecule is O=C1Cc2cc(-c3cn4cccc(O)c4n3)ccc2N1. The number of nitrogens with zero attached hydrogens (tertiary/aromatic N) is 2. The van der Waals surface area contributed by atoms with Crippen molar-refractivity contribution < 1.29 is 9.90 Å². The lowest BCUT2D eigenvalue weighted by molar-refractivity contribution is -0.115. The highest BCUT2D eigenvalue weighted by atomic mass is 16.3. The second-order valence-corrected chi connectivity index (χ2v) is 4.85. The molecule has 1 aliphatic heterocycles. The molecule has 3 heterocycles. The molecule has 20 heavy (non-hydrogen) atoms. The lowest BCUT2D eigenvalue weighted by atomic mass is 10.1. The van der Waals surface area contributed by atoms with Crippen LogP contribution in [0.3, 0.4) is 0 Å². The summed E-state index contributed by atoms with van der Waals surface area (Å²) >= 11 is 0. The van der Waals surface area contributed by atoms with E-state index >= 15 is 0 Å². The van der Waals surface area contributed by atoms with Crippen LogP contribution in [0.2, 0.25) is 0 Å². The summed E-state index contributed by atoms with van der Waals surface area (Å²) in [5.41, 5.74) is 4.08. The van der Waals surface area contributed by atoms with Gasteiger partial charge < -0.3 is 14.8 Å². The van der Waals surface area contributed by atoms with Gasteiger partial charge in [-0.25, -0.2) is 4.98 Å². The van der Waals surface area contributed by atoms with Gasteiger partial charge in [0.2, 0.25) is 5.91 Å². The molecule has 1 amide bonds. The molecule has 0 saturated carbocycles. The Morgan fingerprint density at radius 3 is 3.05 bits per heavy atom. The molecule has 1 aromatic carbocycles. The van der Waals surface area contributed by atoms with Gasteiger partial charge in [0.15, 0.2) is 11.4 Å². The van der Waals surface area contributed by atoms with Crippen LogP contribution < -0.4 is 5.32 Å². The van der Waals surface area contributed by atoms with E-state index in [1.54, 1.807) is 16.5 Å². The van der Waals surface area contributed by atoms with Crippen LogP contribution >= 0.6 is 0 Å². The molecule has 0 fully saturated rings. The second kappa shape index (κ2) is 3.84. The maximum atomic E-state index is 11.4. The molecule has 0 atom stereocenters. The zero-order chi connectivity index (χ0) is 13.7. The number of hydrogen-bond donors (Lipinski definition) is 2. The van der Waals surface area contributed by atoms with Crippen molar-refractivity contribution in [3.05, 3.63) is 48.3 Å². The first-order valence-corrected chi connectivity index (χ1v) is 6.30. The monoisotopic (exact) mass is 265 g/mol. The number of imidazole rings is 1. The fourth-order valence-electron chi connectivity index (χ4n) is 2.53. The minimum atomic E-state index is 0.0183. The first-order valence-electron chi connectivity index (χ1n) is 6.30. The Labute approximate surface area is 114 Å². The first-order chi connectivity index (χ1) is 9.70. The molecule has 0 unspecified atom stereocenters. The van der Waals surface area contributed by atoms with E-state index in [-0.39, 0.29) is 11.7 Å². The summed E-state index contributed by atoms with van der Waals surface area (Å²) in [5, 5.41) is 12.6. The van der Waals surface area contributed by atoms with E-state index in [1.807, 2.05) is 30.6 Å². The largest absolute Gasteiger partial charge is 0.504 e. The van der Waals surface area contributed by atoms with Gasteiger partial charge in [-0.05, 0) is 29.8 Å². The lowest BCUT2D eigenvalue weighted by Gasteiger charge is -2.00. The third kappa shape index (κ3) is 1.56. The Morgan fingerprint density at radius 2 is 2.20 bits per heavy atom. The molecule has 4 rings (SSSR count). The molecule has 0 saturated heterocycles. The topological polar surface area (TPSA) is 66.6 Å². The number of rotatable bonds is 1. The van der Waals surface area contributed by atoms with E-state index in [2.05, 4.69) is 10.3 Å². The van der Waals surface area contributed by atoms with E-state index in [1.165, 1.54) is 0 Å². The number of pyridine rings is 1. The number of amides is 1. The van der Waals surface area contributed by atoms with Crippen LogP contribution in [0, 0.1) is 0 Å². The van der Waals surface area contributed by atoms with Gasteiger partial charge in [0.05, 0.1) is 12.1 Å². The number of aromatic nitrogens is 2. The van der Waals surface area contributed by atoms with Gasteiger partial charge in [-0.3, -0.25) is 4.79 Å². The Balaban J connectivity index is 1.86. The first kappa shape index (κ1) is 11.0. The number of anilines is 1. The summed E-state index contributed by atoms with van der Waals surface area (Å²) < 4.78 is 1.78. The van der Waals surface area contributed by atoms with Crippen molar-refractivity contribution in [2.75, 3.05) is 5.32 Å². The van der Waals surface area contributed by atoms with Crippen LogP contribution in [0.5, 0.6) is 5.75 Å². The zero-order valence-corrected chi connectivity index (χ0v) is 10.5. The van der Waals surface area contributed by atoms with Crippen molar-refractivity contribution in [1.29, 1.82) is 0 Å². The molecule has 2 aromatic heterocycles. The molecular formula is C15H11N3O2. The smallest absolute Gasteiger partial charge is 0.228 e. The van der Waals surface area contributed by atoms with Gasteiger partial charge in [0.25, 0.3) is 0 Å². The van der Waals surface area contributed by atoms with Crippen molar-refractivity contribution in [3.8, 4) is 17.0 Å². The summed E-state index contributed by atoms with van der Waals surface area (Å²) in [4.78, 5) is 15.8. The highest BCUT2D eigenvalue weighted by molar-refractivity contribution is 5.99. The van der Waals surface area contributed by atoms with Crippen LogP contribution in [0.25, 0.3) is 16.9 Å². The Bertz CT molecular complexity index is 851. The maximum Gasteiger partial charge on any atom is 0.228 e. The zero-order valence-electron chi connectivity index (χ0n) is 10.5. The molecule has 5 heteroatoms. The number of fused-ring (bicyclic) bond motifs is 2. The standard InChI is InChI=1S/C15H11N3O2/c19-13-2-1-5-18-8-12(17-15(13)18)9-3-4-11-10(6-9)7-14(20)16-11/h1-6,8,19H,7H2,(H,16,20). The number of hydrogen-bond acceptors (Lipinski definition) is 3. The molecule has 2 N–H and O–H groups in total. The van der Waals surface area contributed by atoms with Gasteiger partial charge in [-0.15, -0.1) is 0 Å². The van der Waals surface area contributed by atoms with Crippen LogP contribution in [-0.2, 0) is 11.2 Å². The summed E-state index contributed by atoms with van der Waals surface area (Å²) in [7, 11) is 0. The molecular weight excluding hydrogens is 254 g/mol. The van der Waals surface area contributed by atoms with E-state index in [9.17, 15) is 9.90 Å². The number of nitrogens with one attached hydrogen (secondary N) is 1. The summed E-state index contributed by atoms with van der Waals surface area (Å²) in [6, 6.07) is 9.14. The number of benzene rings is 1. The number of carbonyl (C=O) groups is 1. The average molecular weight is 265 g/mol. The molecule has 3 aromatic rings. The highest BCUT2D eigenvalue weighted by Gasteiger charge is 2.18. The molecule has 5 nitrogen and oxygen atoms in total. The summed E-state index contributed by atoms with van der Waals surface area (Å²) in [6.07, 6.45) is 4.10. The number of aromatic hydroxyl groups is 1. The maximum absolute atomic E-state index is 11.4. The quantitative estimate of drug-likeness (QED) is 0.709. The molecule has 0 spiro atoms. The van der Waals surface area contributed by atoms with Crippen molar-refractivity contribution in [3.63, 3.8) is 0 Å². The predicted molar refractivity (Wildman–Crippen MR) is 74.6 cm³/mol. The number of carbonyl (C=O) groups excluding carboxylic acids is 1. The molecule has 0 aliphatic carbocycles. The van der Waals surface area contributed by atoms with E-state index in [0.29, 0.717) is 12.1 Å². The third-order valence-electron chi connectivity index (χ3n) is 3.49.